The Labute approximate surface area is 117 Å². The molecule has 3 rings (SSSR count). The van der Waals surface area contributed by atoms with Gasteiger partial charge < -0.3 is 10.1 Å². The van der Waals surface area contributed by atoms with E-state index in [1.54, 1.807) is 11.3 Å². The number of benzene rings is 1. The third-order valence-electron chi connectivity index (χ3n) is 3.51. The first-order chi connectivity index (χ1) is 9.34. The standard InChI is InChI=1S/C15H18N2OS/c1-11-4-2-5-13-14(6-3-7-18-15(11)13)17-9-12-8-16-10-19-12/h2,4-5,8,10,14,17H,3,6-7,9H2,1H3. The van der Waals surface area contributed by atoms with E-state index in [1.165, 1.54) is 16.0 Å². The number of fused-ring (bicyclic) bond motifs is 1. The maximum Gasteiger partial charge on any atom is 0.126 e. The Morgan fingerprint density at radius 1 is 1.47 bits per heavy atom. The molecule has 1 aromatic carbocycles. The van der Waals surface area contributed by atoms with Crippen molar-refractivity contribution in [2.45, 2.75) is 32.4 Å². The summed E-state index contributed by atoms with van der Waals surface area (Å²) in [6, 6.07) is 6.78. The fourth-order valence-corrected chi connectivity index (χ4v) is 3.07. The summed E-state index contributed by atoms with van der Waals surface area (Å²) in [5.74, 6) is 1.07. The summed E-state index contributed by atoms with van der Waals surface area (Å²) < 4.78 is 5.90. The highest BCUT2D eigenvalue weighted by Crippen LogP contribution is 2.34. The minimum Gasteiger partial charge on any atom is -0.493 e. The van der Waals surface area contributed by atoms with Crippen LogP contribution < -0.4 is 10.1 Å². The molecule has 0 saturated heterocycles. The number of para-hydroxylation sites is 1. The quantitative estimate of drug-likeness (QED) is 0.930. The first kappa shape index (κ1) is 12.6. The van der Waals surface area contributed by atoms with E-state index < -0.39 is 0 Å². The number of hydrogen-bond acceptors (Lipinski definition) is 4. The van der Waals surface area contributed by atoms with Crippen molar-refractivity contribution in [2.75, 3.05) is 6.61 Å². The van der Waals surface area contributed by atoms with Gasteiger partial charge in [0.15, 0.2) is 0 Å². The minimum atomic E-state index is 0.375. The van der Waals surface area contributed by atoms with Crippen molar-refractivity contribution in [3.63, 3.8) is 0 Å². The summed E-state index contributed by atoms with van der Waals surface area (Å²) in [6.45, 7) is 3.81. The van der Waals surface area contributed by atoms with Crippen molar-refractivity contribution in [3.8, 4) is 5.75 Å². The van der Waals surface area contributed by atoms with Gasteiger partial charge in [-0.05, 0) is 25.3 Å². The third-order valence-corrected chi connectivity index (χ3v) is 4.29. The van der Waals surface area contributed by atoms with Gasteiger partial charge in [0, 0.05) is 29.2 Å². The normalized spacial score (nSPS) is 18.5. The summed E-state index contributed by atoms with van der Waals surface area (Å²) in [5.41, 5.74) is 4.40. The second-order valence-electron chi connectivity index (χ2n) is 4.89. The fraction of sp³-hybridized carbons (Fsp3) is 0.400. The lowest BCUT2D eigenvalue weighted by atomic mass is 10.00. The Morgan fingerprint density at radius 3 is 3.26 bits per heavy atom. The van der Waals surface area contributed by atoms with Gasteiger partial charge in [0.2, 0.25) is 0 Å². The average Bonchev–Trinajstić information content (AvgIpc) is 2.84. The van der Waals surface area contributed by atoms with Crippen molar-refractivity contribution in [1.82, 2.24) is 10.3 Å². The van der Waals surface area contributed by atoms with Crippen LogP contribution in [0.1, 0.15) is 34.9 Å². The second-order valence-corrected chi connectivity index (χ2v) is 5.86. The van der Waals surface area contributed by atoms with Crippen molar-refractivity contribution < 1.29 is 4.74 Å². The van der Waals surface area contributed by atoms with E-state index in [0.29, 0.717) is 6.04 Å². The molecule has 1 aromatic heterocycles. The number of aromatic nitrogens is 1. The molecule has 0 fully saturated rings. The lowest BCUT2D eigenvalue weighted by molar-refractivity contribution is 0.313. The van der Waals surface area contributed by atoms with Gasteiger partial charge in [-0.15, -0.1) is 11.3 Å². The van der Waals surface area contributed by atoms with Gasteiger partial charge >= 0.3 is 0 Å². The molecule has 4 heteroatoms. The monoisotopic (exact) mass is 274 g/mol. The molecular weight excluding hydrogens is 256 g/mol. The number of thiazole rings is 1. The van der Waals surface area contributed by atoms with Crippen LogP contribution in [0.3, 0.4) is 0 Å². The predicted octanol–water partition coefficient (Wildman–Crippen LogP) is 3.46. The number of nitrogens with one attached hydrogen (secondary N) is 1. The number of aryl methyl sites for hydroxylation is 1. The molecule has 0 radical (unpaired) electrons. The SMILES string of the molecule is Cc1cccc2c1OCCCC2NCc1cncs1. The molecule has 0 aliphatic carbocycles. The van der Waals surface area contributed by atoms with Gasteiger partial charge in [-0.25, -0.2) is 0 Å². The first-order valence-corrected chi connectivity index (χ1v) is 7.55. The molecule has 2 heterocycles. The van der Waals surface area contributed by atoms with E-state index in [-0.39, 0.29) is 0 Å². The third kappa shape index (κ3) is 2.80. The fourth-order valence-electron chi connectivity index (χ4n) is 2.53. The lowest BCUT2D eigenvalue weighted by Crippen LogP contribution is -2.20. The van der Waals surface area contributed by atoms with Crippen LogP contribution in [-0.4, -0.2) is 11.6 Å². The maximum absolute atomic E-state index is 5.90. The van der Waals surface area contributed by atoms with Crippen LogP contribution in [0, 0.1) is 6.92 Å². The predicted molar refractivity (Wildman–Crippen MR) is 77.6 cm³/mol. The Balaban J connectivity index is 1.80. The minimum absolute atomic E-state index is 0.375. The average molecular weight is 274 g/mol. The molecule has 0 saturated carbocycles. The van der Waals surface area contributed by atoms with E-state index >= 15 is 0 Å². The summed E-state index contributed by atoms with van der Waals surface area (Å²) in [6.07, 6.45) is 4.14. The molecule has 1 N–H and O–H groups in total. The van der Waals surface area contributed by atoms with Crippen molar-refractivity contribution in [3.05, 3.63) is 45.9 Å². The number of hydrogen-bond donors (Lipinski definition) is 1. The van der Waals surface area contributed by atoms with Gasteiger partial charge in [-0.1, -0.05) is 18.2 Å². The molecular formula is C15H18N2OS. The smallest absolute Gasteiger partial charge is 0.126 e. The van der Waals surface area contributed by atoms with Crippen LogP contribution in [0.4, 0.5) is 0 Å². The molecule has 3 nitrogen and oxygen atoms in total. The highest BCUT2D eigenvalue weighted by molar-refractivity contribution is 7.09. The summed E-state index contributed by atoms with van der Waals surface area (Å²) in [4.78, 5) is 5.39. The summed E-state index contributed by atoms with van der Waals surface area (Å²) in [5, 5.41) is 3.64. The summed E-state index contributed by atoms with van der Waals surface area (Å²) in [7, 11) is 0. The van der Waals surface area contributed by atoms with E-state index in [0.717, 1.165) is 31.7 Å². The number of nitrogens with zero attached hydrogens (tertiary/aromatic N) is 1. The number of ether oxygens (including phenoxy) is 1. The molecule has 1 unspecified atom stereocenters. The molecule has 0 spiro atoms. The van der Waals surface area contributed by atoms with Crippen LogP contribution in [0.25, 0.3) is 0 Å². The van der Waals surface area contributed by atoms with Crippen LogP contribution in [0.2, 0.25) is 0 Å². The highest BCUT2D eigenvalue weighted by Gasteiger charge is 2.20. The summed E-state index contributed by atoms with van der Waals surface area (Å²) >= 11 is 1.70. The molecule has 1 atom stereocenters. The van der Waals surface area contributed by atoms with Crippen LogP contribution in [-0.2, 0) is 6.54 Å². The van der Waals surface area contributed by atoms with Crippen molar-refractivity contribution in [1.29, 1.82) is 0 Å². The van der Waals surface area contributed by atoms with E-state index in [4.69, 9.17) is 4.74 Å². The van der Waals surface area contributed by atoms with Crippen molar-refractivity contribution >= 4 is 11.3 Å². The first-order valence-electron chi connectivity index (χ1n) is 6.67. The lowest BCUT2D eigenvalue weighted by Gasteiger charge is -2.19. The molecule has 0 amide bonds. The molecule has 1 aliphatic rings. The van der Waals surface area contributed by atoms with E-state index in [1.807, 2.05) is 11.7 Å². The Bertz CT molecular complexity index is 539. The van der Waals surface area contributed by atoms with E-state index in [2.05, 4.69) is 35.4 Å². The number of rotatable bonds is 3. The zero-order valence-electron chi connectivity index (χ0n) is 11.1. The second kappa shape index (κ2) is 5.72. The molecule has 0 bridgehead atoms. The highest BCUT2D eigenvalue weighted by atomic mass is 32.1. The van der Waals surface area contributed by atoms with Gasteiger partial charge in [-0.2, -0.15) is 0 Å². The van der Waals surface area contributed by atoms with Crippen LogP contribution in [0.15, 0.2) is 29.9 Å². The molecule has 2 aromatic rings. The van der Waals surface area contributed by atoms with E-state index in [9.17, 15) is 0 Å². The van der Waals surface area contributed by atoms with Crippen LogP contribution in [0.5, 0.6) is 5.75 Å². The maximum atomic E-state index is 5.90. The Kier molecular flexibility index (Phi) is 3.80. The van der Waals surface area contributed by atoms with Gasteiger partial charge in [0.05, 0.1) is 12.1 Å². The Morgan fingerprint density at radius 2 is 2.42 bits per heavy atom. The zero-order chi connectivity index (χ0) is 13.1. The van der Waals surface area contributed by atoms with Gasteiger partial charge in [0.25, 0.3) is 0 Å². The zero-order valence-corrected chi connectivity index (χ0v) is 11.9. The molecule has 100 valence electrons. The molecule has 19 heavy (non-hydrogen) atoms. The van der Waals surface area contributed by atoms with Gasteiger partial charge in [0.1, 0.15) is 5.75 Å². The van der Waals surface area contributed by atoms with Crippen molar-refractivity contribution in [2.24, 2.45) is 0 Å². The topological polar surface area (TPSA) is 34.1 Å². The van der Waals surface area contributed by atoms with Crippen LogP contribution >= 0.6 is 11.3 Å². The molecule has 1 aliphatic heterocycles. The van der Waals surface area contributed by atoms with Gasteiger partial charge in [-0.3, -0.25) is 4.98 Å². The Hall–Kier alpha value is -1.39. The largest absolute Gasteiger partial charge is 0.493 e.